The van der Waals surface area contributed by atoms with E-state index in [-0.39, 0.29) is 11.4 Å². The Kier molecular flexibility index (Phi) is 3.15. The minimum absolute atomic E-state index is 0.146. The molecule has 0 fully saturated rings. The number of rotatable bonds is 2. The molecule has 0 N–H and O–H groups in total. The van der Waals surface area contributed by atoms with Crippen LogP contribution in [-0.2, 0) is 12.9 Å². The summed E-state index contributed by atoms with van der Waals surface area (Å²) in [6.07, 6.45) is 0. The van der Waals surface area contributed by atoms with Gasteiger partial charge in [0.15, 0.2) is 5.65 Å². The van der Waals surface area contributed by atoms with Crippen LogP contribution in [0.4, 0.5) is 4.39 Å². The third kappa shape index (κ3) is 1.98. The Bertz CT molecular complexity index is 887. The van der Waals surface area contributed by atoms with Gasteiger partial charge in [-0.15, -0.1) is 11.6 Å². The van der Waals surface area contributed by atoms with Crippen molar-refractivity contribution >= 4 is 22.8 Å². The van der Waals surface area contributed by atoms with Gasteiger partial charge in [0, 0.05) is 7.05 Å². The normalized spacial score (nSPS) is 11.0. The molecular formula is C14H11ClFN5. The van der Waals surface area contributed by atoms with Crippen molar-refractivity contribution in [2.45, 2.75) is 12.8 Å². The van der Waals surface area contributed by atoms with Crippen molar-refractivity contribution < 1.29 is 4.39 Å². The van der Waals surface area contributed by atoms with Crippen LogP contribution in [0.15, 0.2) is 18.2 Å². The number of aryl methyl sites for hydroxylation is 2. The third-order valence-corrected chi connectivity index (χ3v) is 3.55. The summed E-state index contributed by atoms with van der Waals surface area (Å²) in [5, 5.41) is 13.1. The number of imidazole rings is 1. The number of nitriles is 1. The zero-order valence-corrected chi connectivity index (χ0v) is 12.2. The summed E-state index contributed by atoms with van der Waals surface area (Å²) < 4.78 is 17.6. The number of hydrogen-bond donors (Lipinski definition) is 0. The van der Waals surface area contributed by atoms with Gasteiger partial charge in [-0.25, -0.2) is 14.1 Å². The molecular weight excluding hydrogens is 293 g/mol. The van der Waals surface area contributed by atoms with Gasteiger partial charge in [-0.2, -0.15) is 10.4 Å². The third-order valence-electron chi connectivity index (χ3n) is 3.31. The molecule has 0 saturated heterocycles. The maximum atomic E-state index is 14.3. The molecule has 2 aromatic heterocycles. The van der Waals surface area contributed by atoms with Crippen LogP contribution in [0.5, 0.6) is 0 Å². The lowest BCUT2D eigenvalue weighted by atomic mass is 10.2. The molecule has 3 aromatic rings. The van der Waals surface area contributed by atoms with Crippen LogP contribution in [0.3, 0.4) is 0 Å². The van der Waals surface area contributed by atoms with Crippen LogP contribution < -0.4 is 0 Å². The lowest BCUT2D eigenvalue weighted by molar-refractivity contribution is 0.615. The van der Waals surface area contributed by atoms with Gasteiger partial charge in [0.1, 0.15) is 17.2 Å². The molecule has 0 aliphatic heterocycles. The van der Waals surface area contributed by atoms with Crippen molar-refractivity contribution in [3.05, 3.63) is 41.1 Å². The van der Waals surface area contributed by atoms with Crippen LogP contribution in [-0.4, -0.2) is 19.3 Å². The summed E-state index contributed by atoms with van der Waals surface area (Å²) >= 11 is 5.94. The average molecular weight is 304 g/mol. The quantitative estimate of drug-likeness (QED) is 0.684. The molecule has 1 aromatic carbocycles. The predicted octanol–water partition coefficient (Wildman–Crippen LogP) is 2.82. The van der Waals surface area contributed by atoms with E-state index in [0.29, 0.717) is 22.7 Å². The number of aromatic nitrogens is 4. The first kappa shape index (κ1) is 13.6. The van der Waals surface area contributed by atoms with E-state index in [1.807, 2.05) is 13.0 Å². The first-order chi connectivity index (χ1) is 10.1. The number of benzene rings is 1. The molecule has 21 heavy (non-hydrogen) atoms. The zero-order valence-electron chi connectivity index (χ0n) is 11.4. The summed E-state index contributed by atoms with van der Waals surface area (Å²) in [6.45, 7) is 1.84. The summed E-state index contributed by atoms with van der Waals surface area (Å²) in [4.78, 5) is 4.43. The number of nitrogens with zero attached hydrogens (tertiary/aromatic N) is 5. The van der Waals surface area contributed by atoms with Crippen molar-refractivity contribution in [3.8, 4) is 11.8 Å². The van der Waals surface area contributed by atoms with Gasteiger partial charge < -0.3 is 0 Å². The molecule has 0 aliphatic carbocycles. The van der Waals surface area contributed by atoms with E-state index in [4.69, 9.17) is 16.9 Å². The second-order valence-corrected chi connectivity index (χ2v) is 4.92. The molecule has 106 valence electrons. The first-order valence-corrected chi connectivity index (χ1v) is 6.77. The van der Waals surface area contributed by atoms with E-state index in [1.165, 1.54) is 6.07 Å². The van der Waals surface area contributed by atoms with Crippen molar-refractivity contribution in [2.24, 2.45) is 7.05 Å². The van der Waals surface area contributed by atoms with Gasteiger partial charge >= 0.3 is 0 Å². The van der Waals surface area contributed by atoms with Crippen molar-refractivity contribution in [1.82, 2.24) is 19.3 Å². The fourth-order valence-electron chi connectivity index (χ4n) is 2.42. The first-order valence-electron chi connectivity index (χ1n) is 6.23. The number of hydrogen-bond acceptors (Lipinski definition) is 3. The molecule has 3 rings (SSSR count). The highest BCUT2D eigenvalue weighted by Crippen LogP contribution is 2.26. The number of halogens is 2. The van der Waals surface area contributed by atoms with Gasteiger partial charge in [-0.05, 0) is 25.1 Å². The lowest BCUT2D eigenvalue weighted by Gasteiger charge is -2.09. The Morgan fingerprint density at radius 2 is 2.19 bits per heavy atom. The van der Waals surface area contributed by atoms with Crippen LogP contribution in [0.1, 0.15) is 17.1 Å². The fraction of sp³-hybridized carbons (Fsp3) is 0.214. The summed E-state index contributed by atoms with van der Waals surface area (Å²) in [5.41, 5.74) is 2.69. The van der Waals surface area contributed by atoms with Gasteiger partial charge in [-0.3, -0.25) is 4.57 Å². The Morgan fingerprint density at radius 3 is 2.81 bits per heavy atom. The smallest absolute Gasteiger partial charge is 0.163 e. The molecule has 0 spiro atoms. The molecule has 0 aliphatic rings. The largest absolute Gasteiger partial charge is 0.277 e. The molecule has 0 atom stereocenters. The van der Waals surface area contributed by atoms with E-state index < -0.39 is 5.82 Å². The Morgan fingerprint density at radius 1 is 1.43 bits per heavy atom. The van der Waals surface area contributed by atoms with E-state index in [2.05, 4.69) is 10.1 Å². The van der Waals surface area contributed by atoms with Gasteiger partial charge in [-0.1, -0.05) is 0 Å². The minimum atomic E-state index is -0.501. The predicted molar refractivity (Wildman–Crippen MR) is 76.8 cm³/mol. The van der Waals surface area contributed by atoms with E-state index in [1.54, 1.807) is 28.4 Å². The molecule has 2 heterocycles. The summed E-state index contributed by atoms with van der Waals surface area (Å²) in [7, 11) is 1.77. The van der Waals surface area contributed by atoms with Crippen molar-refractivity contribution in [2.75, 3.05) is 0 Å². The SMILES string of the molecule is Cc1nn(C)c2c1nc(CCl)n2-c1ccc(C#N)cc1F. The summed E-state index contributed by atoms with van der Waals surface area (Å²) in [5.74, 6) is 0.179. The monoisotopic (exact) mass is 303 g/mol. The maximum Gasteiger partial charge on any atom is 0.163 e. The average Bonchev–Trinajstić information content (AvgIpc) is 2.97. The molecule has 0 radical (unpaired) electrons. The molecule has 0 amide bonds. The highest BCUT2D eigenvalue weighted by molar-refractivity contribution is 6.17. The highest BCUT2D eigenvalue weighted by atomic mass is 35.5. The highest BCUT2D eigenvalue weighted by Gasteiger charge is 2.20. The molecule has 0 unspecified atom stereocenters. The standard InChI is InChI=1S/C14H11ClFN5/c1-8-13-14(20(2)19-8)21(12(6-15)18-13)11-4-3-9(7-17)5-10(11)16/h3-5H,6H2,1-2H3. The lowest BCUT2D eigenvalue weighted by Crippen LogP contribution is -2.06. The van der Waals surface area contributed by atoms with Gasteiger partial charge in [0.05, 0.1) is 28.9 Å². The van der Waals surface area contributed by atoms with Crippen LogP contribution in [0, 0.1) is 24.1 Å². The number of fused-ring (bicyclic) bond motifs is 1. The second kappa shape index (κ2) is 4.86. The minimum Gasteiger partial charge on any atom is -0.277 e. The van der Waals surface area contributed by atoms with E-state index in [0.717, 1.165) is 5.69 Å². The van der Waals surface area contributed by atoms with Crippen LogP contribution in [0.25, 0.3) is 16.9 Å². The Balaban J connectivity index is 2.36. The number of alkyl halides is 1. The Labute approximate surface area is 125 Å². The van der Waals surface area contributed by atoms with E-state index in [9.17, 15) is 4.39 Å². The van der Waals surface area contributed by atoms with Gasteiger partial charge in [0.2, 0.25) is 0 Å². The fourth-order valence-corrected chi connectivity index (χ4v) is 2.60. The van der Waals surface area contributed by atoms with E-state index >= 15 is 0 Å². The van der Waals surface area contributed by atoms with Crippen LogP contribution in [0.2, 0.25) is 0 Å². The Hall–Kier alpha value is -2.39. The zero-order chi connectivity index (χ0) is 15.1. The van der Waals surface area contributed by atoms with Crippen LogP contribution >= 0.6 is 11.6 Å². The van der Waals surface area contributed by atoms with Crippen molar-refractivity contribution in [1.29, 1.82) is 5.26 Å². The molecule has 0 bridgehead atoms. The maximum absolute atomic E-state index is 14.3. The molecule has 5 nitrogen and oxygen atoms in total. The molecule has 0 saturated carbocycles. The van der Waals surface area contributed by atoms with Gasteiger partial charge in [0.25, 0.3) is 0 Å². The second-order valence-electron chi connectivity index (χ2n) is 4.66. The topological polar surface area (TPSA) is 59.4 Å². The van der Waals surface area contributed by atoms with Crippen molar-refractivity contribution in [3.63, 3.8) is 0 Å². The molecule has 7 heteroatoms. The summed E-state index contributed by atoms with van der Waals surface area (Å²) in [6, 6.07) is 6.22.